The number of aliphatic hydroxyl groups excluding tert-OH is 1. The normalized spacial score (nSPS) is 22.6. The quantitative estimate of drug-likeness (QED) is 0.462. The number of likely N-dealkylation sites (N-methyl/N-ethyl adjacent to an activating group) is 1. The summed E-state index contributed by atoms with van der Waals surface area (Å²) in [6.45, 7) is 7.45. The number of nitrogens with one attached hydrogen (secondary N) is 1. The first kappa shape index (κ1) is 24.6. The number of aromatic nitrogens is 4. The van der Waals surface area contributed by atoms with Crippen molar-refractivity contribution in [1.82, 2.24) is 34.6 Å². The average Bonchev–Trinajstić information content (AvgIpc) is 3.43. The Morgan fingerprint density at radius 2 is 2.06 bits per heavy atom. The summed E-state index contributed by atoms with van der Waals surface area (Å²) in [5.74, 6) is 6.09. The predicted molar refractivity (Wildman–Crippen MR) is 125 cm³/mol. The number of anilines is 1. The highest BCUT2D eigenvalue weighted by atomic mass is 16.6. The number of imidazole rings is 1. The Hall–Kier alpha value is -3.47. The zero-order valence-electron chi connectivity index (χ0n) is 19.8. The van der Waals surface area contributed by atoms with E-state index in [2.05, 4.69) is 37.0 Å². The molecular formula is C22H30N8O5. The lowest BCUT2D eigenvalue weighted by Gasteiger charge is -2.32. The lowest BCUT2D eigenvalue weighted by Crippen LogP contribution is -2.48. The topological polar surface area (TPSA) is 161 Å². The number of hydrogen-bond acceptors (Lipinski definition) is 10. The highest BCUT2D eigenvalue weighted by Gasteiger charge is 2.39. The average molecular weight is 487 g/mol. The van der Waals surface area contributed by atoms with Crippen LogP contribution in [0, 0.1) is 11.8 Å². The summed E-state index contributed by atoms with van der Waals surface area (Å²) in [5.41, 5.74) is 6.81. The third-order valence-electron chi connectivity index (χ3n) is 5.86. The number of ether oxygens (including phenoxy) is 2. The van der Waals surface area contributed by atoms with Crippen LogP contribution in [0.3, 0.4) is 0 Å². The molecule has 35 heavy (non-hydrogen) atoms. The molecule has 13 nitrogen and oxygen atoms in total. The van der Waals surface area contributed by atoms with Gasteiger partial charge in [0.05, 0.1) is 19.5 Å². The molecule has 0 radical (unpaired) electrons. The number of hydrogen-bond donors (Lipinski definition) is 3. The second-order valence-corrected chi connectivity index (χ2v) is 8.23. The van der Waals surface area contributed by atoms with E-state index in [4.69, 9.17) is 15.2 Å². The smallest absolute Gasteiger partial charge is 0.409 e. The monoisotopic (exact) mass is 486 g/mol. The van der Waals surface area contributed by atoms with Crippen LogP contribution in [0.2, 0.25) is 0 Å². The van der Waals surface area contributed by atoms with Gasteiger partial charge in [-0.1, -0.05) is 5.92 Å². The second-order valence-electron chi connectivity index (χ2n) is 8.23. The van der Waals surface area contributed by atoms with Crippen molar-refractivity contribution in [3.8, 4) is 11.8 Å². The Balaban J connectivity index is 1.44. The van der Waals surface area contributed by atoms with Crippen LogP contribution in [0.5, 0.6) is 0 Å². The van der Waals surface area contributed by atoms with Crippen LogP contribution >= 0.6 is 0 Å². The molecule has 4 rings (SSSR count). The summed E-state index contributed by atoms with van der Waals surface area (Å²) in [4.78, 5) is 40.7. The molecule has 0 aromatic carbocycles. The second kappa shape index (κ2) is 10.9. The van der Waals surface area contributed by atoms with Gasteiger partial charge in [0.1, 0.15) is 17.7 Å². The van der Waals surface area contributed by atoms with E-state index < -0.39 is 18.4 Å². The number of nitrogens with zero attached hydrogens (tertiary/aromatic N) is 6. The van der Waals surface area contributed by atoms with Crippen LogP contribution in [0.15, 0.2) is 6.33 Å². The molecule has 0 aliphatic carbocycles. The summed E-state index contributed by atoms with van der Waals surface area (Å²) in [7, 11) is 0. The molecule has 4 heterocycles. The molecule has 188 valence electrons. The number of nitrogen functional groups attached to an aromatic ring is 1. The van der Waals surface area contributed by atoms with Crippen LogP contribution < -0.4 is 11.1 Å². The van der Waals surface area contributed by atoms with Gasteiger partial charge in [-0.2, -0.15) is 0 Å². The first-order valence-electron chi connectivity index (χ1n) is 11.7. The standard InChI is InChI=1S/C22H30N8O5/c1-3-24-20(32)15-12-14(31)21(35-15)30-13-25-17-18(23)26-16(27-19(17)30)6-5-7-28-8-10-29(11-9-28)22(33)34-4-2/h13-15,21,31H,3-4,7-12H2,1-2H3,(H,24,32)(H2,23,26,27)/t14?,15-,21+/m0/s1. The zero-order valence-corrected chi connectivity index (χ0v) is 19.8. The van der Waals surface area contributed by atoms with Crippen molar-refractivity contribution < 1.29 is 24.2 Å². The molecular weight excluding hydrogens is 456 g/mol. The minimum Gasteiger partial charge on any atom is -0.450 e. The van der Waals surface area contributed by atoms with Gasteiger partial charge in [0.2, 0.25) is 11.7 Å². The van der Waals surface area contributed by atoms with E-state index in [1.165, 1.54) is 6.33 Å². The number of carbonyl (C=O) groups excluding carboxylic acids is 2. The molecule has 0 saturated carbocycles. The highest BCUT2D eigenvalue weighted by molar-refractivity contribution is 5.82. The lowest BCUT2D eigenvalue weighted by molar-refractivity contribution is -0.134. The summed E-state index contributed by atoms with van der Waals surface area (Å²) >= 11 is 0. The Labute approximate surface area is 202 Å². The van der Waals surface area contributed by atoms with Gasteiger partial charge in [0.15, 0.2) is 17.7 Å². The Kier molecular flexibility index (Phi) is 7.64. The van der Waals surface area contributed by atoms with Crippen LogP contribution in [0.1, 0.15) is 32.3 Å². The molecule has 0 bridgehead atoms. The zero-order chi connectivity index (χ0) is 24.9. The fraction of sp³-hybridized carbons (Fsp3) is 0.591. The summed E-state index contributed by atoms with van der Waals surface area (Å²) in [6.07, 6.45) is -1.19. The van der Waals surface area contributed by atoms with E-state index in [0.29, 0.717) is 57.0 Å². The maximum Gasteiger partial charge on any atom is 0.409 e. The van der Waals surface area contributed by atoms with Crippen LogP contribution in [0.4, 0.5) is 10.6 Å². The Morgan fingerprint density at radius 3 is 2.77 bits per heavy atom. The number of aliphatic hydroxyl groups is 1. The van der Waals surface area contributed by atoms with E-state index >= 15 is 0 Å². The van der Waals surface area contributed by atoms with Crippen LogP contribution in [-0.4, -0.2) is 105 Å². The van der Waals surface area contributed by atoms with E-state index in [1.54, 1.807) is 16.4 Å². The molecule has 1 unspecified atom stereocenters. The van der Waals surface area contributed by atoms with Crippen molar-refractivity contribution in [2.75, 3.05) is 51.6 Å². The van der Waals surface area contributed by atoms with Gasteiger partial charge in [0.25, 0.3) is 0 Å². The first-order valence-corrected chi connectivity index (χ1v) is 11.7. The molecule has 2 amide bonds. The predicted octanol–water partition coefficient (Wildman–Crippen LogP) is -0.681. The third kappa shape index (κ3) is 5.45. The molecule has 3 atom stereocenters. The van der Waals surface area contributed by atoms with Gasteiger partial charge in [-0.25, -0.2) is 19.7 Å². The Morgan fingerprint density at radius 1 is 1.29 bits per heavy atom. The molecule has 13 heteroatoms. The van der Waals surface area contributed by atoms with Crippen LogP contribution in [-0.2, 0) is 14.3 Å². The number of carbonyl (C=O) groups is 2. The van der Waals surface area contributed by atoms with Gasteiger partial charge >= 0.3 is 6.09 Å². The fourth-order valence-corrected chi connectivity index (χ4v) is 4.07. The van der Waals surface area contributed by atoms with Gasteiger partial charge in [-0.3, -0.25) is 14.3 Å². The van der Waals surface area contributed by atoms with Crippen LogP contribution in [0.25, 0.3) is 11.2 Å². The van der Waals surface area contributed by atoms with Crippen molar-refractivity contribution in [2.24, 2.45) is 0 Å². The van der Waals surface area contributed by atoms with E-state index in [-0.39, 0.29) is 30.1 Å². The molecule has 0 spiro atoms. The largest absolute Gasteiger partial charge is 0.450 e. The number of piperazine rings is 1. The van der Waals surface area contributed by atoms with Gasteiger partial charge in [-0.15, -0.1) is 0 Å². The number of amides is 2. The van der Waals surface area contributed by atoms with Crippen molar-refractivity contribution in [1.29, 1.82) is 0 Å². The van der Waals surface area contributed by atoms with E-state index in [0.717, 1.165) is 0 Å². The first-order chi connectivity index (χ1) is 16.9. The number of fused-ring (bicyclic) bond motifs is 1. The molecule has 2 aromatic rings. The minimum atomic E-state index is -0.918. The van der Waals surface area contributed by atoms with Gasteiger partial charge < -0.3 is 30.5 Å². The van der Waals surface area contributed by atoms with E-state index in [1.807, 2.05) is 6.92 Å². The summed E-state index contributed by atoms with van der Waals surface area (Å²) < 4.78 is 12.4. The molecule has 2 fully saturated rings. The Bertz CT molecular complexity index is 1130. The third-order valence-corrected chi connectivity index (χ3v) is 5.86. The van der Waals surface area contributed by atoms with Crippen molar-refractivity contribution in [3.05, 3.63) is 12.2 Å². The van der Waals surface area contributed by atoms with Crippen molar-refractivity contribution in [2.45, 2.75) is 38.7 Å². The summed E-state index contributed by atoms with van der Waals surface area (Å²) in [5, 5.41) is 13.2. The summed E-state index contributed by atoms with van der Waals surface area (Å²) in [6, 6.07) is 0. The maximum atomic E-state index is 12.1. The van der Waals surface area contributed by atoms with Crippen molar-refractivity contribution >= 4 is 29.0 Å². The fourth-order valence-electron chi connectivity index (χ4n) is 4.07. The molecule has 2 aromatic heterocycles. The van der Waals surface area contributed by atoms with Gasteiger partial charge in [0, 0.05) is 39.1 Å². The highest BCUT2D eigenvalue weighted by Crippen LogP contribution is 2.31. The molecule has 4 N–H and O–H groups in total. The molecule has 2 aliphatic heterocycles. The molecule has 2 saturated heterocycles. The number of rotatable bonds is 5. The van der Waals surface area contributed by atoms with Gasteiger partial charge in [-0.05, 0) is 19.8 Å². The van der Waals surface area contributed by atoms with Crippen molar-refractivity contribution in [3.63, 3.8) is 0 Å². The lowest BCUT2D eigenvalue weighted by atomic mass is 10.2. The van der Waals surface area contributed by atoms with E-state index in [9.17, 15) is 14.7 Å². The SMILES string of the molecule is CCNC(=O)[C@@H]1CC(O)[C@H](n2cnc3c(N)nc(C#CCN4CCN(C(=O)OCC)CC4)nc32)O1. The minimum absolute atomic E-state index is 0.160. The maximum absolute atomic E-state index is 12.1. The molecule has 2 aliphatic rings. The number of nitrogens with two attached hydrogens (primary N) is 1.